The van der Waals surface area contributed by atoms with Crippen LogP contribution >= 0.6 is 0 Å². The van der Waals surface area contributed by atoms with Crippen molar-refractivity contribution in [1.29, 1.82) is 0 Å². The second-order valence-electron chi connectivity index (χ2n) is 7.22. The number of carbonyl (C=O) groups excluding carboxylic acids is 1. The number of rotatable bonds is 3. The van der Waals surface area contributed by atoms with Crippen LogP contribution in [0.15, 0.2) is 12.1 Å². The summed E-state index contributed by atoms with van der Waals surface area (Å²) in [6.07, 6.45) is 1.28. The second kappa shape index (κ2) is 6.59. The molecule has 1 amide bonds. The molecule has 4 nitrogen and oxygen atoms in total. The zero-order valence-electron chi connectivity index (χ0n) is 14.4. The van der Waals surface area contributed by atoms with Gasteiger partial charge >= 0.3 is 0 Å². The Morgan fingerprint density at radius 2 is 1.86 bits per heavy atom. The molecule has 0 aliphatic carbocycles. The monoisotopic (exact) mass is 303 g/mol. The molecular formula is C18H29N3O. The number of nitrogen functional groups attached to an aromatic ring is 1. The van der Waals surface area contributed by atoms with Crippen LogP contribution in [0.2, 0.25) is 0 Å². The summed E-state index contributed by atoms with van der Waals surface area (Å²) in [6, 6.07) is 4.00. The number of carbonyl (C=O) groups is 1. The number of nitrogens with one attached hydrogen (secondary N) is 1. The molecule has 1 aliphatic heterocycles. The Morgan fingerprint density at radius 1 is 1.27 bits per heavy atom. The minimum Gasteiger partial charge on any atom is -0.397 e. The van der Waals surface area contributed by atoms with Crippen LogP contribution in [0, 0.1) is 24.7 Å². The molecule has 22 heavy (non-hydrogen) atoms. The van der Waals surface area contributed by atoms with Crippen molar-refractivity contribution in [3.63, 3.8) is 0 Å². The molecule has 2 atom stereocenters. The summed E-state index contributed by atoms with van der Waals surface area (Å²) < 4.78 is 0. The molecule has 2 rings (SSSR count). The van der Waals surface area contributed by atoms with Gasteiger partial charge in [-0.2, -0.15) is 0 Å². The molecule has 0 bridgehead atoms. The average molecular weight is 303 g/mol. The lowest BCUT2D eigenvalue weighted by atomic mass is 9.91. The summed E-state index contributed by atoms with van der Waals surface area (Å²) in [4.78, 5) is 14.4. The number of hydrogen-bond donors (Lipinski definition) is 2. The van der Waals surface area contributed by atoms with Gasteiger partial charge in [-0.3, -0.25) is 4.79 Å². The molecule has 1 aliphatic rings. The minimum absolute atomic E-state index is 0.00174. The molecule has 1 fully saturated rings. The van der Waals surface area contributed by atoms with Crippen molar-refractivity contribution in [2.45, 2.75) is 41.0 Å². The van der Waals surface area contributed by atoms with Crippen LogP contribution in [0.4, 0.5) is 17.1 Å². The van der Waals surface area contributed by atoms with Crippen LogP contribution in [-0.2, 0) is 4.79 Å². The van der Waals surface area contributed by atoms with E-state index < -0.39 is 0 Å². The third-order valence-corrected chi connectivity index (χ3v) is 4.36. The first-order chi connectivity index (χ1) is 10.3. The standard InChI is InChI=1S/C18H29N3O/c1-11(2)18(22)20-16-8-17(14(5)7-15(16)19)21-9-12(3)6-13(4)10-21/h7-8,11-13H,6,9-10,19H2,1-5H3,(H,20,22)/t12-,13+. The average Bonchev–Trinajstić information content (AvgIpc) is 2.40. The highest BCUT2D eigenvalue weighted by molar-refractivity contribution is 5.96. The van der Waals surface area contributed by atoms with Crippen molar-refractivity contribution in [2.75, 3.05) is 29.0 Å². The smallest absolute Gasteiger partial charge is 0.226 e. The van der Waals surface area contributed by atoms with Gasteiger partial charge in [0.2, 0.25) is 5.91 Å². The fourth-order valence-electron chi connectivity index (χ4n) is 3.30. The summed E-state index contributed by atoms with van der Waals surface area (Å²) >= 11 is 0. The Kier molecular flexibility index (Phi) is 4.99. The summed E-state index contributed by atoms with van der Waals surface area (Å²) in [5.74, 6) is 1.32. The van der Waals surface area contributed by atoms with Crippen molar-refractivity contribution in [2.24, 2.45) is 17.8 Å². The summed E-state index contributed by atoms with van der Waals surface area (Å²) in [5, 5.41) is 2.95. The SMILES string of the molecule is Cc1cc(N)c(NC(=O)C(C)C)cc1N1C[C@H](C)C[C@H](C)C1. The topological polar surface area (TPSA) is 58.4 Å². The minimum atomic E-state index is -0.0563. The van der Waals surface area contributed by atoms with Crippen molar-refractivity contribution >= 4 is 23.0 Å². The Hall–Kier alpha value is -1.71. The van der Waals surface area contributed by atoms with E-state index in [9.17, 15) is 4.79 Å². The zero-order chi connectivity index (χ0) is 16.4. The first-order valence-electron chi connectivity index (χ1n) is 8.23. The molecular weight excluding hydrogens is 274 g/mol. The number of nitrogens with two attached hydrogens (primary N) is 1. The molecule has 0 radical (unpaired) electrons. The van der Waals surface area contributed by atoms with E-state index in [2.05, 4.69) is 31.0 Å². The Labute approximate surface area is 134 Å². The molecule has 1 aromatic rings. The Balaban J connectivity index is 2.29. The molecule has 0 saturated carbocycles. The highest BCUT2D eigenvalue weighted by Crippen LogP contribution is 2.33. The van der Waals surface area contributed by atoms with E-state index in [1.54, 1.807) is 0 Å². The summed E-state index contributed by atoms with van der Waals surface area (Å²) in [5.41, 5.74) is 9.80. The molecule has 1 aromatic carbocycles. The van der Waals surface area contributed by atoms with Crippen LogP contribution in [0.25, 0.3) is 0 Å². The van der Waals surface area contributed by atoms with Gasteiger partial charge in [-0.15, -0.1) is 0 Å². The third kappa shape index (κ3) is 3.73. The fourth-order valence-corrected chi connectivity index (χ4v) is 3.30. The van der Waals surface area contributed by atoms with E-state index in [1.807, 2.05) is 26.0 Å². The van der Waals surface area contributed by atoms with E-state index in [-0.39, 0.29) is 11.8 Å². The predicted molar refractivity (Wildman–Crippen MR) is 94.2 cm³/mol. The van der Waals surface area contributed by atoms with Gasteiger partial charge in [-0.1, -0.05) is 27.7 Å². The molecule has 1 heterocycles. The number of benzene rings is 1. The van der Waals surface area contributed by atoms with Gasteiger partial charge in [0.15, 0.2) is 0 Å². The molecule has 0 aromatic heterocycles. The van der Waals surface area contributed by atoms with Crippen LogP contribution in [0.1, 0.15) is 39.7 Å². The van der Waals surface area contributed by atoms with Gasteiger partial charge < -0.3 is 16.0 Å². The Morgan fingerprint density at radius 3 is 2.41 bits per heavy atom. The highest BCUT2D eigenvalue weighted by atomic mass is 16.1. The maximum atomic E-state index is 12.0. The van der Waals surface area contributed by atoms with E-state index >= 15 is 0 Å². The molecule has 122 valence electrons. The van der Waals surface area contributed by atoms with Gasteiger partial charge in [0, 0.05) is 24.7 Å². The predicted octanol–water partition coefficient (Wildman–Crippen LogP) is 3.65. The maximum absolute atomic E-state index is 12.0. The fraction of sp³-hybridized carbons (Fsp3) is 0.611. The lowest BCUT2D eigenvalue weighted by Crippen LogP contribution is -2.39. The lowest BCUT2D eigenvalue weighted by molar-refractivity contribution is -0.118. The summed E-state index contributed by atoms with van der Waals surface area (Å²) in [7, 11) is 0. The van der Waals surface area contributed by atoms with E-state index in [0.29, 0.717) is 17.5 Å². The highest BCUT2D eigenvalue weighted by Gasteiger charge is 2.24. The first-order valence-corrected chi connectivity index (χ1v) is 8.23. The molecule has 0 spiro atoms. The largest absolute Gasteiger partial charge is 0.397 e. The number of piperidine rings is 1. The van der Waals surface area contributed by atoms with Gasteiger partial charge in [-0.05, 0) is 42.9 Å². The van der Waals surface area contributed by atoms with Gasteiger partial charge in [0.1, 0.15) is 0 Å². The number of amides is 1. The lowest BCUT2D eigenvalue weighted by Gasteiger charge is -2.37. The van der Waals surface area contributed by atoms with E-state index in [0.717, 1.165) is 18.8 Å². The molecule has 1 saturated heterocycles. The summed E-state index contributed by atoms with van der Waals surface area (Å²) in [6.45, 7) is 12.6. The van der Waals surface area contributed by atoms with Crippen molar-refractivity contribution in [3.05, 3.63) is 17.7 Å². The molecule has 4 heteroatoms. The normalized spacial score (nSPS) is 22.0. The van der Waals surface area contributed by atoms with E-state index in [1.165, 1.54) is 17.7 Å². The van der Waals surface area contributed by atoms with Crippen molar-refractivity contribution in [1.82, 2.24) is 0 Å². The van der Waals surface area contributed by atoms with Crippen molar-refractivity contribution in [3.8, 4) is 0 Å². The Bertz CT molecular complexity index is 544. The van der Waals surface area contributed by atoms with Gasteiger partial charge in [0.25, 0.3) is 0 Å². The van der Waals surface area contributed by atoms with Gasteiger partial charge in [-0.25, -0.2) is 0 Å². The number of nitrogens with zero attached hydrogens (tertiary/aromatic N) is 1. The van der Waals surface area contributed by atoms with Gasteiger partial charge in [0.05, 0.1) is 11.4 Å². The zero-order valence-corrected chi connectivity index (χ0v) is 14.4. The third-order valence-electron chi connectivity index (χ3n) is 4.36. The first kappa shape index (κ1) is 16.7. The number of aryl methyl sites for hydroxylation is 1. The maximum Gasteiger partial charge on any atom is 0.226 e. The quantitative estimate of drug-likeness (QED) is 0.838. The van der Waals surface area contributed by atoms with Crippen LogP contribution in [0.3, 0.4) is 0 Å². The van der Waals surface area contributed by atoms with Crippen molar-refractivity contribution < 1.29 is 4.79 Å². The van der Waals surface area contributed by atoms with Crippen LogP contribution < -0.4 is 16.0 Å². The number of anilines is 3. The number of hydrogen-bond acceptors (Lipinski definition) is 3. The second-order valence-corrected chi connectivity index (χ2v) is 7.22. The van der Waals surface area contributed by atoms with Crippen LogP contribution in [0.5, 0.6) is 0 Å². The van der Waals surface area contributed by atoms with Crippen LogP contribution in [-0.4, -0.2) is 19.0 Å². The molecule has 3 N–H and O–H groups in total. The molecule has 0 unspecified atom stereocenters. The van der Waals surface area contributed by atoms with E-state index in [4.69, 9.17) is 5.73 Å².